The Kier molecular flexibility index (Phi) is 5.21. The largest absolute Gasteiger partial charge is 0.392 e. The summed E-state index contributed by atoms with van der Waals surface area (Å²) in [5.74, 6) is 0.733. The summed E-state index contributed by atoms with van der Waals surface area (Å²) in [5.41, 5.74) is 9.47. The zero-order valence-electron chi connectivity index (χ0n) is 16.6. The molecule has 0 saturated heterocycles. The maximum atomic E-state index is 10.1. The number of nitrogens with zero attached hydrogens (tertiary/aromatic N) is 5. The van der Waals surface area contributed by atoms with Gasteiger partial charge < -0.3 is 16.2 Å². The third kappa shape index (κ3) is 3.62. The SMILES string of the molecule is [C-]#[N+]c1c(NCCc2cccc(C(C)(C)O)n2)nc2c(C)c(CC)nn2c1N. The fourth-order valence-corrected chi connectivity index (χ4v) is 3.05. The number of aliphatic hydroxyl groups is 1. The van der Waals surface area contributed by atoms with Crippen LogP contribution >= 0.6 is 0 Å². The maximum absolute atomic E-state index is 10.1. The average molecular weight is 379 g/mol. The number of aryl methyl sites for hydroxylation is 2. The molecule has 146 valence electrons. The van der Waals surface area contributed by atoms with Crippen molar-refractivity contribution in [1.82, 2.24) is 19.6 Å². The van der Waals surface area contributed by atoms with E-state index in [2.05, 4.69) is 25.2 Å². The second-order valence-electron chi connectivity index (χ2n) is 7.22. The first kappa shape index (κ1) is 19.6. The summed E-state index contributed by atoms with van der Waals surface area (Å²) >= 11 is 0. The maximum Gasteiger partial charge on any atom is 0.268 e. The molecule has 3 aromatic heterocycles. The van der Waals surface area contributed by atoms with Crippen LogP contribution in [0.3, 0.4) is 0 Å². The van der Waals surface area contributed by atoms with Crippen LogP contribution in [-0.4, -0.2) is 31.2 Å². The number of aromatic nitrogens is 4. The van der Waals surface area contributed by atoms with E-state index in [-0.39, 0.29) is 11.5 Å². The summed E-state index contributed by atoms with van der Waals surface area (Å²) in [6, 6.07) is 5.59. The molecule has 0 amide bonds. The molecule has 0 atom stereocenters. The van der Waals surface area contributed by atoms with Crippen LogP contribution in [0.1, 0.15) is 43.4 Å². The zero-order chi connectivity index (χ0) is 20.5. The minimum Gasteiger partial charge on any atom is -0.392 e. The van der Waals surface area contributed by atoms with Crippen LogP contribution in [0.15, 0.2) is 18.2 Å². The molecule has 0 fully saturated rings. The summed E-state index contributed by atoms with van der Waals surface area (Å²) in [4.78, 5) is 12.6. The van der Waals surface area contributed by atoms with Crippen LogP contribution in [0.2, 0.25) is 0 Å². The second-order valence-corrected chi connectivity index (χ2v) is 7.22. The van der Waals surface area contributed by atoms with Crippen molar-refractivity contribution < 1.29 is 5.11 Å². The van der Waals surface area contributed by atoms with Crippen molar-refractivity contribution >= 4 is 23.0 Å². The molecule has 0 aliphatic rings. The fraction of sp³-hybridized carbons (Fsp3) is 0.400. The van der Waals surface area contributed by atoms with Crippen LogP contribution in [0.5, 0.6) is 0 Å². The van der Waals surface area contributed by atoms with Gasteiger partial charge in [0, 0.05) is 24.2 Å². The van der Waals surface area contributed by atoms with Gasteiger partial charge in [-0.05, 0) is 39.3 Å². The molecular formula is C20H25N7O. The number of hydrogen-bond donors (Lipinski definition) is 3. The molecule has 8 heteroatoms. The standard InChI is InChI=1S/C20H25N7O/c1-6-14-12(2)19-25-18(16(22-5)17(21)27(19)26-14)23-11-10-13-8-7-9-15(24-13)20(3,4)28/h7-9,28H,6,10-11,21H2,1-4H3,(H,23,25). The van der Waals surface area contributed by atoms with E-state index in [4.69, 9.17) is 12.3 Å². The predicted octanol–water partition coefficient (Wildman–Crippen LogP) is 3.01. The molecular weight excluding hydrogens is 354 g/mol. The first-order valence-electron chi connectivity index (χ1n) is 9.24. The number of nitrogen functional groups attached to an aromatic ring is 1. The van der Waals surface area contributed by atoms with Gasteiger partial charge in [-0.25, -0.2) is 14.3 Å². The molecule has 0 bridgehead atoms. The van der Waals surface area contributed by atoms with Crippen LogP contribution in [-0.2, 0) is 18.4 Å². The van der Waals surface area contributed by atoms with Gasteiger partial charge in [0.15, 0.2) is 5.65 Å². The van der Waals surface area contributed by atoms with Crippen molar-refractivity contribution in [3.05, 3.63) is 52.3 Å². The molecule has 3 heterocycles. The zero-order valence-corrected chi connectivity index (χ0v) is 16.6. The summed E-state index contributed by atoms with van der Waals surface area (Å²) < 4.78 is 1.54. The highest BCUT2D eigenvalue weighted by Crippen LogP contribution is 2.32. The van der Waals surface area contributed by atoms with Crippen molar-refractivity contribution in [1.29, 1.82) is 0 Å². The van der Waals surface area contributed by atoms with E-state index in [0.29, 0.717) is 30.1 Å². The lowest BCUT2D eigenvalue weighted by Gasteiger charge is -2.17. The second kappa shape index (κ2) is 7.44. The molecule has 3 aromatic rings. The monoisotopic (exact) mass is 379 g/mol. The molecule has 0 radical (unpaired) electrons. The predicted molar refractivity (Wildman–Crippen MR) is 109 cm³/mol. The lowest BCUT2D eigenvalue weighted by Crippen LogP contribution is -2.18. The van der Waals surface area contributed by atoms with Crippen LogP contribution < -0.4 is 11.1 Å². The van der Waals surface area contributed by atoms with Crippen LogP contribution in [0.25, 0.3) is 10.5 Å². The van der Waals surface area contributed by atoms with Crippen LogP contribution in [0.4, 0.5) is 17.3 Å². The number of fused-ring (bicyclic) bond motifs is 1. The summed E-state index contributed by atoms with van der Waals surface area (Å²) in [5, 5.41) is 17.8. The Morgan fingerprint density at radius 3 is 2.71 bits per heavy atom. The van der Waals surface area contributed by atoms with Crippen molar-refractivity contribution in [2.75, 3.05) is 17.6 Å². The molecule has 28 heavy (non-hydrogen) atoms. The normalized spacial score (nSPS) is 11.6. The number of pyridine rings is 1. The van der Waals surface area contributed by atoms with Gasteiger partial charge in [0.05, 0.1) is 18.0 Å². The van der Waals surface area contributed by atoms with E-state index >= 15 is 0 Å². The van der Waals surface area contributed by atoms with Gasteiger partial charge >= 0.3 is 0 Å². The third-order valence-corrected chi connectivity index (χ3v) is 4.66. The first-order valence-corrected chi connectivity index (χ1v) is 9.24. The third-order valence-electron chi connectivity index (χ3n) is 4.66. The van der Waals surface area contributed by atoms with Gasteiger partial charge in [0.1, 0.15) is 17.2 Å². The highest BCUT2D eigenvalue weighted by molar-refractivity contribution is 5.80. The molecule has 0 saturated carbocycles. The fourth-order valence-electron chi connectivity index (χ4n) is 3.05. The van der Waals surface area contributed by atoms with Gasteiger partial charge in [-0.15, -0.1) is 0 Å². The molecule has 0 aliphatic carbocycles. The van der Waals surface area contributed by atoms with E-state index in [9.17, 15) is 5.11 Å². The molecule has 0 aromatic carbocycles. The van der Waals surface area contributed by atoms with Gasteiger partial charge in [0.25, 0.3) is 5.69 Å². The Bertz CT molecular complexity index is 1060. The minimum absolute atomic E-state index is 0.260. The quantitative estimate of drug-likeness (QED) is 0.569. The number of rotatable bonds is 6. The number of anilines is 2. The van der Waals surface area contributed by atoms with E-state index in [1.165, 1.54) is 0 Å². The van der Waals surface area contributed by atoms with E-state index in [1.54, 1.807) is 24.4 Å². The molecule has 0 spiro atoms. The van der Waals surface area contributed by atoms with Gasteiger partial charge in [0.2, 0.25) is 0 Å². The Morgan fingerprint density at radius 2 is 2.07 bits per heavy atom. The van der Waals surface area contributed by atoms with E-state index < -0.39 is 5.60 Å². The first-order chi connectivity index (χ1) is 13.3. The van der Waals surface area contributed by atoms with Gasteiger partial charge in [-0.1, -0.05) is 13.0 Å². The molecule has 0 unspecified atom stereocenters. The Balaban J connectivity index is 1.85. The van der Waals surface area contributed by atoms with Gasteiger partial charge in [-0.2, -0.15) is 5.10 Å². The minimum atomic E-state index is -0.988. The Labute approximate surface area is 164 Å². The van der Waals surface area contributed by atoms with Crippen molar-refractivity contribution in [2.45, 2.75) is 46.1 Å². The van der Waals surface area contributed by atoms with Gasteiger partial charge in [-0.3, -0.25) is 4.98 Å². The number of hydrogen-bond acceptors (Lipinski definition) is 6. The Hall–Kier alpha value is -3.18. The summed E-state index contributed by atoms with van der Waals surface area (Å²) in [6.45, 7) is 15.4. The lowest BCUT2D eigenvalue weighted by molar-refractivity contribution is 0.0736. The topological polar surface area (TPSA) is 106 Å². The highest BCUT2D eigenvalue weighted by atomic mass is 16.3. The number of nitrogens with one attached hydrogen (secondary N) is 1. The molecule has 3 rings (SSSR count). The smallest absolute Gasteiger partial charge is 0.268 e. The van der Waals surface area contributed by atoms with Crippen LogP contribution in [0, 0.1) is 13.5 Å². The molecule has 0 aliphatic heterocycles. The van der Waals surface area contributed by atoms with Crippen molar-refractivity contribution in [3.8, 4) is 0 Å². The molecule has 4 N–H and O–H groups in total. The number of nitrogens with two attached hydrogens (primary N) is 1. The Morgan fingerprint density at radius 1 is 1.32 bits per heavy atom. The van der Waals surface area contributed by atoms with E-state index in [0.717, 1.165) is 23.4 Å². The molecule has 8 nitrogen and oxygen atoms in total. The average Bonchev–Trinajstić information content (AvgIpc) is 2.98. The van der Waals surface area contributed by atoms with Crippen molar-refractivity contribution in [3.63, 3.8) is 0 Å². The highest BCUT2D eigenvalue weighted by Gasteiger charge is 2.19. The summed E-state index contributed by atoms with van der Waals surface area (Å²) in [7, 11) is 0. The summed E-state index contributed by atoms with van der Waals surface area (Å²) in [6.07, 6.45) is 1.39. The lowest BCUT2D eigenvalue weighted by atomic mass is 10.0. The van der Waals surface area contributed by atoms with E-state index in [1.807, 2.05) is 26.0 Å². The van der Waals surface area contributed by atoms with Crippen molar-refractivity contribution in [2.24, 2.45) is 0 Å².